The van der Waals surface area contributed by atoms with Crippen LogP contribution in [-0.2, 0) is 16.1 Å². The van der Waals surface area contributed by atoms with Gasteiger partial charge >= 0.3 is 0 Å². The molecule has 1 aromatic heterocycles. The van der Waals surface area contributed by atoms with Gasteiger partial charge in [0.25, 0.3) is 0 Å². The molecule has 3 aromatic rings. The van der Waals surface area contributed by atoms with Crippen LogP contribution in [0.4, 0.5) is 4.39 Å². The molecule has 0 bridgehead atoms. The summed E-state index contributed by atoms with van der Waals surface area (Å²) in [5.74, 6) is -0.348. The average molecular weight is 431 g/mol. The van der Waals surface area contributed by atoms with Crippen LogP contribution in [0.15, 0.2) is 60.8 Å². The van der Waals surface area contributed by atoms with Crippen LogP contribution in [0, 0.1) is 5.82 Å². The molecule has 2 heterocycles. The summed E-state index contributed by atoms with van der Waals surface area (Å²) in [5.41, 5.74) is 3.29. The Morgan fingerprint density at radius 1 is 1.20 bits per heavy atom. The van der Waals surface area contributed by atoms with Crippen molar-refractivity contribution in [3.8, 4) is 16.9 Å². The third kappa shape index (κ3) is 5.44. The Labute approximate surface area is 180 Å². The van der Waals surface area contributed by atoms with Crippen molar-refractivity contribution in [2.45, 2.75) is 19.0 Å². The van der Waals surface area contributed by atoms with Crippen molar-refractivity contribution in [1.82, 2.24) is 20.4 Å². The maximum Gasteiger partial charge on any atom is 0.221 e. The topological polar surface area (TPSA) is 68.2 Å². The van der Waals surface area contributed by atoms with Crippen molar-refractivity contribution in [2.24, 2.45) is 0 Å². The van der Waals surface area contributed by atoms with Gasteiger partial charge in [-0.1, -0.05) is 18.2 Å². The fraction of sp³-hybridized carbons (Fsp3) is 0.273. The van der Waals surface area contributed by atoms with Gasteiger partial charge in [0.05, 0.1) is 24.6 Å². The minimum atomic E-state index is -0.298. The molecule has 0 aliphatic carbocycles. The lowest BCUT2D eigenvalue weighted by molar-refractivity contribution is -0.122. The fourth-order valence-corrected chi connectivity index (χ4v) is 3.34. The monoisotopic (exact) mass is 430 g/mol. The number of carbonyl (C=O) groups is 1. The van der Waals surface area contributed by atoms with Crippen molar-refractivity contribution in [2.75, 3.05) is 19.8 Å². The molecule has 8 heteroatoms. The second kappa shape index (κ2) is 10.3. The predicted molar refractivity (Wildman–Crippen MR) is 115 cm³/mol. The zero-order chi connectivity index (χ0) is 20.1. The summed E-state index contributed by atoms with van der Waals surface area (Å²) in [7, 11) is 0. The van der Waals surface area contributed by atoms with E-state index in [-0.39, 0.29) is 30.2 Å². The van der Waals surface area contributed by atoms with Crippen molar-refractivity contribution < 1.29 is 13.9 Å². The first kappa shape index (κ1) is 22.0. The number of amides is 1. The first-order valence-corrected chi connectivity index (χ1v) is 9.67. The molecule has 4 rings (SSSR count). The zero-order valence-corrected chi connectivity index (χ0v) is 17.2. The van der Waals surface area contributed by atoms with Crippen LogP contribution in [0.5, 0.6) is 0 Å². The third-order valence-corrected chi connectivity index (χ3v) is 4.83. The molecular weight excluding hydrogens is 407 g/mol. The van der Waals surface area contributed by atoms with E-state index in [0.717, 1.165) is 23.4 Å². The number of benzene rings is 2. The maximum atomic E-state index is 13.4. The number of aromatic nitrogens is 2. The van der Waals surface area contributed by atoms with Gasteiger partial charge in [-0.05, 0) is 36.4 Å². The molecule has 0 spiro atoms. The first-order valence-electron chi connectivity index (χ1n) is 9.67. The number of hydrogen-bond donors (Lipinski definition) is 2. The highest BCUT2D eigenvalue weighted by molar-refractivity contribution is 5.85. The highest BCUT2D eigenvalue weighted by Crippen LogP contribution is 2.24. The summed E-state index contributed by atoms with van der Waals surface area (Å²) in [4.78, 5) is 12.4. The summed E-state index contributed by atoms with van der Waals surface area (Å²) in [6.45, 7) is 2.32. The standard InChI is InChI=1S/C22H23FN4O2.ClH/c23-18-8-6-16(7-9-18)22-17(14-27(26-22)20-4-2-1-3-5-20)13-25-21(28)12-19-15-29-11-10-24-19;/h1-9,14,19,24H,10-13,15H2,(H,25,28);1H. The van der Waals surface area contributed by atoms with Crippen LogP contribution in [0.3, 0.4) is 0 Å². The molecule has 0 saturated carbocycles. The van der Waals surface area contributed by atoms with Crippen LogP contribution < -0.4 is 10.6 Å². The quantitative estimate of drug-likeness (QED) is 0.630. The van der Waals surface area contributed by atoms with Crippen LogP contribution >= 0.6 is 12.4 Å². The Hall–Kier alpha value is -2.74. The maximum absolute atomic E-state index is 13.4. The van der Waals surface area contributed by atoms with Gasteiger partial charge in [-0.25, -0.2) is 9.07 Å². The molecule has 1 aliphatic heterocycles. The van der Waals surface area contributed by atoms with Crippen molar-refractivity contribution in [3.05, 3.63) is 72.2 Å². The highest BCUT2D eigenvalue weighted by Gasteiger charge is 2.18. The third-order valence-electron chi connectivity index (χ3n) is 4.83. The molecule has 158 valence electrons. The summed E-state index contributed by atoms with van der Waals surface area (Å²) in [5, 5.41) is 10.9. The average Bonchev–Trinajstić information content (AvgIpc) is 3.18. The Kier molecular flexibility index (Phi) is 7.57. The van der Waals surface area contributed by atoms with E-state index in [9.17, 15) is 9.18 Å². The summed E-state index contributed by atoms with van der Waals surface area (Å²) < 4.78 is 20.5. The second-order valence-corrected chi connectivity index (χ2v) is 7.00. The molecule has 1 unspecified atom stereocenters. The number of para-hydroxylation sites is 1. The normalized spacial score (nSPS) is 16.0. The van der Waals surface area contributed by atoms with Crippen LogP contribution in [-0.4, -0.2) is 41.5 Å². The fourth-order valence-electron chi connectivity index (χ4n) is 3.34. The predicted octanol–water partition coefficient (Wildman–Crippen LogP) is 3.09. The Morgan fingerprint density at radius 2 is 1.97 bits per heavy atom. The number of morpholine rings is 1. The van der Waals surface area contributed by atoms with E-state index in [4.69, 9.17) is 4.74 Å². The van der Waals surface area contributed by atoms with E-state index in [1.807, 2.05) is 36.5 Å². The Morgan fingerprint density at radius 3 is 2.67 bits per heavy atom. The molecule has 0 radical (unpaired) electrons. The molecule has 1 saturated heterocycles. The molecule has 1 amide bonds. The number of nitrogens with one attached hydrogen (secondary N) is 2. The summed E-state index contributed by atoms with van der Waals surface area (Å²) in [6, 6.07) is 16.0. The van der Waals surface area contributed by atoms with Gasteiger partial charge in [0.15, 0.2) is 0 Å². The second-order valence-electron chi connectivity index (χ2n) is 7.00. The van der Waals surface area contributed by atoms with E-state index < -0.39 is 0 Å². The van der Waals surface area contributed by atoms with Crippen molar-refractivity contribution in [3.63, 3.8) is 0 Å². The molecule has 1 fully saturated rings. The number of rotatable bonds is 6. The Balaban J connectivity index is 0.00000256. The molecule has 2 N–H and O–H groups in total. The van der Waals surface area contributed by atoms with Gasteiger partial charge in [-0.3, -0.25) is 4.79 Å². The molecule has 6 nitrogen and oxygen atoms in total. The van der Waals surface area contributed by atoms with E-state index >= 15 is 0 Å². The molecule has 30 heavy (non-hydrogen) atoms. The number of ether oxygens (including phenoxy) is 1. The van der Waals surface area contributed by atoms with Crippen LogP contribution in [0.25, 0.3) is 16.9 Å². The molecule has 1 atom stereocenters. The lowest BCUT2D eigenvalue weighted by Crippen LogP contribution is -2.44. The number of nitrogens with zero attached hydrogens (tertiary/aromatic N) is 2. The zero-order valence-electron chi connectivity index (χ0n) is 16.4. The minimum Gasteiger partial charge on any atom is -0.378 e. The van der Waals surface area contributed by atoms with Gasteiger partial charge in [0, 0.05) is 42.9 Å². The van der Waals surface area contributed by atoms with Gasteiger partial charge in [-0.2, -0.15) is 5.10 Å². The molecular formula is C22H24ClFN4O2. The van der Waals surface area contributed by atoms with Gasteiger partial charge in [-0.15, -0.1) is 12.4 Å². The first-order chi connectivity index (χ1) is 14.2. The smallest absolute Gasteiger partial charge is 0.221 e. The van der Waals surface area contributed by atoms with E-state index in [1.165, 1.54) is 12.1 Å². The summed E-state index contributed by atoms with van der Waals surface area (Å²) in [6.07, 6.45) is 2.26. The Bertz CT molecular complexity index is 957. The molecule has 1 aliphatic rings. The highest BCUT2D eigenvalue weighted by atomic mass is 35.5. The van der Waals surface area contributed by atoms with Crippen LogP contribution in [0.1, 0.15) is 12.0 Å². The number of halogens is 2. The van der Waals surface area contributed by atoms with E-state index in [1.54, 1.807) is 16.8 Å². The number of hydrogen-bond acceptors (Lipinski definition) is 4. The van der Waals surface area contributed by atoms with Gasteiger partial charge in [0.2, 0.25) is 5.91 Å². The summed E-state index contributed by atoms with van der Waals surface area (Å²) >= 11 is 0. The minimum absolute atomic E-state index is 0. The van der Waals surface area contributed by atoms with Crippen molar-refractivity contribution in [1.29, 1.82) is 0 Å². The lowest BCUT2D eigenvalue weighted by atomic mass is 10.1. The largest absolute Gasteiger partial charge is 0.378 e. The van der Waals surface area contributed by atoms with Crippen molar-refractivity contribution >= 4 is 18.3 Å². The van der Waals surface area contributed by atoms with Gasteiger partial charge < -0.3 is 15.4 Å². The molecule has 2 aromatic carbocycles. The lowest BCUT2D eigenvalue weighted by Gasteiger charge is -2.23. The van der Waals surface area contributed by atoms with Crippen LogP contribution in [0.2, 0.25) is 0 Å². The number of carbonyl (C=O) groups excluding carboxylic acids is 1. The van der Waals surface area contributed by atoms with E-state index in [2.05, 4.69) is 15.7 Å². The van der Waals surface area contributed by atoms with E-state index in [0.29, 0.717) is 31.9 Å². The SMILES string of the molecule is Cl.O=C(CC1COCCN1)NCc1cn(-c2ccccc2)nc1-c1ccc(F)cc1. The van der Waals surface area contributed by atoms with Gasteiger partial charge in [0.1, 0.15) is 5.82 Å².